The van der Waals surface area contributed by atoms with Crippen LogP contribution in [0, 0.1) is 5.92 Å². The average Bonchev–Trinajstić information content (AvgIpc) is 3.33. The van der Waals surface area contributed by atoms with E-state index in [0.29, 0.717) is 45.1 Å². The van der Waals surface area contributed by atoms with E-state index in [0.717, 1.165) is 29.7 Å². The van der Waals surface area contributed by atoms with E-state index in [-0.39, 0.29) is 18.4 Å². The summed E-state index contributed by atoms with van der Waals surface area (Å²) >= 11 is 0. The van der Waals surface area contributed by atoms with Crippen molar-refractivity contribution >= 4 is 21.6 Å². The van der Waals surface area contributed by atoms with Crippen LogP contribution in [0.25, 0.3) is 0 Å². The van der Waals surface area contributed by atoms with Crippen molar-refractivity contribution in [3.63, 3.8) is 0 Å². The van der Waals surface area contributed by atoms with Crippen molar-refractivity contribution in [1.82, 2.24) is 9.21 Å². The number of anilines is 1. The lowest BCUT2D eigenvalue weighted by Crippen LogP contribution is -2.47. The molecule has 9 heteroatoms. The maximum Gasteiger partial charge on any atom is 0.254 e. The van der Waals surface area contributed by atoms with Gasteiger partial charge in [0.1, 0.15) is 5.75 Å². The quantitative estimate of drug-likeness (QED) is 0.737. The number of fused-ring (bicyclic) bond motifs is 1. The van der Waals surface area contributed by atoms with Crippen LogP contribution in [0.4, 0.5) is 5.69 Å². The highest BCUT2D eigenvalue weighted by Crippen LogP contribution is 2.34. The third-order valence-corrected chi connectivity index (χ3v) is 8.08. The molecule has 1 fully saturated rings. The summed E-state index contributed by atoms with van der Waals surface area (Å²) in [6.45, 7) is 3.25. The summed E-state index contributed by atoms with van der Waals surface area (Å²) in [5.74, 6) is 0.763. The predicted octanol–water partition coefficient (Wildman–Crippen LogP) is 1.03. The van der Waals surface area contributed by atoms with Crippen molar-refractivity contribution in [2.24, 2.45) is 5.92 Å². The SMILES string of the molecule is O=C(C1CCOCC1)N1CC2=C(C1)CN(S(=O)(=O)C1CNc3ccccc3O1)C2. The lowest BCUT2D eigenvalue weighted by atomic mass is 9.99. The second-order valence-corrected chi connectivity index (χ2v) is 10.1. The molecule has 1 aromatic rings. The number of rotatable bonds is 3. The highest BCUT2D eigenvalue weighted by Gasteiger charge is 2.43. The van der Waals surface area contributed by atoms with Crippen LogP contribution in [0.3, 0.4) is 0 Å². The van der Waals surface area contributed by atoms with Crippen LogP contribution in [0.5, 0.6) is 5.75 Å². The van der Waals surface area contributed by atoms with Gasteiger partial charge in [-0.1, -0.05) is 12.1 Å². The van der Waals surface area contributed by atoms with Crippen LogP contribution < -0.4 is 10.1 Å². The summed E-state index contributed by atoms with van der Waals surface area (Å²) in [6.07, 6.45) is 1.54. The second kappa shape index (κ2) is 7.30. The van der Waals surface area contributed by atoms with Gasteiger partial charge in [-0.2, -0.15) is 4.31 Å². The molecule has 0 bridgehead atoms. The standard InChI is InChI=1S/C20H25N3O5S/c24-20(14-5-7-27-8-6-14)22-10-15-12-23(13-16(15)11-22)29(25,26)19-9-21-17-3-1-2-4-18(17)28-19/h1-4,14,19,21H,5-13H2. The Morgan fingerprint density at radius 1 is 1.03 bits per heavy atom. The molecule has 156 valence electrons. The molecule has 4 aliphatic heterocycles. The van der Waals surface area contributed by atoms with Crippen molar-refractivity contribution in [3.05, 3.63) is 35.4 Å². The number of hydrogen-bond donors (Lipinski definition) is 1. The largest absolute Gasteiger partial charge is 0.469 e. The monoisotopic (exact) mass is 419 g/mol. The number of hydrogen-bond acceptors (Lipinski definition) is 6. The number of carbonyl (C=O) groups excluding carboxylic acids is 1. The highest BCUT2D eigenvalue weighted by molar-refractivity contribution is 7.89. The molecule has 4 heterocycles. The van der Waals surface area contributed by atoms with Crippen molar-refractivity contribution in [2.45, 2.75) is 18.3 Å². The van der Waals surface area contributed by atoms with Crippen LogP contribution in [-0.2, 0) is 19.6 Å². The number of amides is 1. The van der Waals surface area contributed by atoms with Gasteiger partial charge in [0.05, 0.1) is 12.2 Å². The van der Waals surface area contributed by atoms with Crippen molar-refractivity contribution < 1.29 is 22.7 Å². The first-order chi connectivity index (χ1) is 14.0. The van der Waals surface area contributed by atoms with Gasteiger partial charge in [0, 0.05) is 45.3 Å². The van der Waals surface area contributed by atoms with E-state index in [1.165, 1.54) is 4.31 Å². The summed E-state index contributed by atoms with van der Waals surface area (Å²) in [7, 11) is -3.62. The summed E-state index contributed by atoms with van der Waals surface area (Å²) in [5, 5.41) is 3.14. The van der Waals surface area contributed by atoms with Crippen molar-refractivity contribution in [1.29, 1.82) is 0 Å². The fourth-order valence-electron chi connectivity index (χ4n) is 4.51. The van der Waals surface area contributed by atoms with E-state index >= 15 is 0 Å². The fraction of sp³-hybridized carbons (Fsp3) is 0.550. The molecule has 8 nitrogen and oxygen atoms in total. The van der Waals surface area contributed by atoms with E-state index < -0.39 is 15.5 Å². The van der Waals surface area contributed by atoms with Gasteiger partial charge in [-0.05, 0) is 36.1 Å². The Morgan fingerprint density at radius 2 is 1.72 bits per heavy atom. The molecule has 0 aromatic heterocycles. The van der Waals surface area contributed by atoms with Crippen LogP contribution in [0.2, 0.25) is 0 Å². The summed E-state index contributed by atoms with van der Waals surface area (Å²) in [5.41, 5.74) is 1.97. The second-order valence-electron chi connectivity index (χ2n) is 8.03. The lowest BCUT2D eigenvalue weighted by Gasteiger charge is -2.31. The minimum absolute atomic E-state index is 0.0328. The van der Waals surface area contributed by atoms with Gasteiger partial charge in [0.15, 0.2) is 0 Å². The number of carbonyl (C=O) groups is 1. The molecule has 0 saturated carbocycles. The Balaban J connectivity index is 1.22. The van der Waals surface area contributed by atoms with E-state index in [2.05, 4.69) is 5.32 Å². The first-order valence-corrected chi connectivity index (χ1v) is 11.6. The number of benzene rings is 1. The molecule has 0 aliphatic carbocycles. The van der Waals surface area contributed by atoms with Gasteiger partial charge in [-0.25, -0.2) is 8.42 Å². The molecule has 1 N–H and O–H groups in total. The zero-order valence-electron chi connectivity index (χ0n) is 16.2. The number of nitrogens with zero attached hydrogens (tertiary/aromatic N) is 2. The summed E-state index contributed by atoms with van der Waals surface area (Å²) in [4.78, 5) is 14.6. The minimum Gasteiger partial charge on any atom is -0.469 e. The first kappa shape index (κ1) is 18.9. The van der Waals surface area contributed by atoms with Gasteiger partial charge < -0.3 is 19.7 Å². The summed E-state index contributed by atoms with van der Waals surface area (Å²) in [6, 6.07) is 7.35. The van der Waals surface area contributed by atoms with Crippen molar-refractivity contribution in [2.75, 3.05) is 51.3 Å². The molecular formula is C20H25N3O5S. The molecular weight excluding hydrogens is 394 g/mol. The normalized spacial score (nSPS) is 25.4. The molecule has 1 aromatic carbocycles. The number of para-hydroxylation sites is 2. The Bertz CT molecular complexity index is 937. The molecule has 4 aliphatic rings. The molecule has 1 unspecified atom stereocenters. The van der Waals surface area contributed by atoms with Gasteiger partial charge in [-0.15, -0.1) is 0 Å². The predicted molar refractivity (Wildman–Crippen MR) is 107 cm³/mol. The van der Waals surface area contributed by atoms with Crippen LogP contribution >= 0.6 is 0 Å². The zero-order valence-corrected chi connectivity index (χ0v) is 17.0. The average molecular weight is 420 g/mol. The van der Waals surface area contributed by atoms with Gasteiger partial charge in [0.25, 0.3) is 10.0 Å². The van der Waals surface area contributed by atoms with Gasteiger partial charge >= 0.3 is 0 Å². The maximum absolute atomic E-state index is 13.1. The molecule has 0 radical (unpaired) electrons. The summed E-state index contributed by atoms with van der Waals surface area (Å²) < 4.78 is 38.9. The Hall–Kier alpha value is -2.10. The van der Waals surface area contributed by atoms with E-state index in [1.807, 2.05) is 23.1 Å². The van der Waals surface area contributed by atoms with E-state index in [4.69, 9.17) is 9.47 Å². The van der Waals surface area contributed by atoms with E-state index in [9.17, 15) is 13.2 Å². The van der Waals surface area contributed by atoms with Crippen LogP contribution in [-0.4, -0.2) is 74.9 Å². The number of nitrogens with one attached hydrogen (secondary N) is 1. The molecule has 5 rings (SSSR count). The van der Waals surface area contributed by atoms with E-state index in [1.54, 1.807) is 6.07 Å². The van der Waals surface area contributed by atoms with Gasteiger partial charge in [-0.3, -0.25) is 4.79 Å². The molecule has 29 heavy (non-hydrogen) atoms. The molecule has 0 spiro atoms. The Kier molecular flexibility index (Phi) is 4.76. The topological polar surface area (TPSA) is 88.2 Å². The minimum atomic E-state index is -3.62. The zero-order chi connectivity index (χ0) is 20.0. The lowest BCUT2D eigenvalue weighted by molar-refractivity contribution is -0.137. The highest BCUT2D eigenvalue weighted by atomic mass is 32.2. The molecule has 1 amide bonds. The van der Waals surface area contributed by atoms with Gasteiger partial charge in [0.2, 0.25) is 11.3 Å². The Morgan fingerprint density at radius 3 is 2.45 bits per heavy atom. The smallest absolute Gasteiger partial charge is 0.254 e. The third kappa shape index (κ3) is 3.41. The fourth-order valence-corrected chi connectivity index (χ4v) is 6.03. The number of ether oxygens (including phenoxy) is 2. The molecule has 1 atom stereocenters. The Labute approximate surface area is 170 Å². The van der Waals surface area contributed by atoms with Crippen molar-refractivity contribution in [3.8, 4) is 5.75 Å². The van der Waals surface area contributed by atoms with Crippen LogP contribution in [0.15, 0.2) is 35.4 Å². The third-order valence-electron chi connectivity index (χ3n) is 6.18. The number of sulfonamides is 1. The van der Waals surface area contributed by atoms with Crippen LogP contribution in [0.1, 0.15) is 12.8 Å². The first-order valence-electron chi connectivity index (χ1n) is 10.1. The molecule has 1 saturated heterocycles. The maximum atomic E-state index is 13.1.